The molecule has 0 fully saturated rings. The van der Waals surface area contributed by atoms with Crippen molar-refractivity contribution in [3.63, 3.8) is 0 Å². The van der Waals surface area contributed by atoms with Crippen molar-refractivity contribution in [2.75, 3.05) is 33.0 Å². The number of rotatable bonds is 40. The van der Waals surface area contributed by atoms with Crippen molar-refractivity contribution in [1.82, 2.24) is 0 Å². The average Bonchev–Trinajstić information content (AvgIpc) is 3.19. The molecule has 0 aromatic heterocycles. The Labute approximate surface area is 341 Å². The van der Waals surface area contributed by atoms with Crippen LogP contribution in [0.25, 0.3) is 0 Å². The monoisotopic (exact) mass is 810 g/mol. The van der Waals surface area contributed by atoms with E-state index in [1.54, 1.807) is 0 Å². The van der Waals surface area contributed by atoms with E-state index in [-0.39, 0.29) is 32.8 Å². The fourth-order valence-corrected chi connectivity index (χ4v) is 6.24. The van der Waals surface area contributed by atoms with Gasteiger partial charge in [-0.1, -0.05) is 145 Å². The van der Waals surface area contributed by atoms with Gasteiger partial charge < -0.3 is 30.3 Å². The summed E-state index contributed by atoms with van der Waals surface area (Å²) in [7, 11) is -4.32. The molecular formula is C45H80NO9P. The standard InChI is InChI=1S/C45H80NO9P/c1-3-5-6-7-8-9-10-11-12-16-19-22-25-28-31-34-38-52-40-42(41-54-56(50,51)53-39-37-46)55-45(49)36-33-30-27-24-21-18-15-13-14-17-20-23-26-29-32-35-44(48)43(47)4-2/h11-14,18,20-21,23,27,29-30,32,42-44,47-48H,3-10,15-17,19,22,24-26,28,31,33-41,46H2,1-2H3,(H,50,51)/b12-11-,14-13+,21-18+,23-20+,30-27+,32-29+. The van der Waals surface area contributed by atoms with E-state index in [1.165, 1.54) is 64.2 Å². The number of hydrogen-bond donors (Lipinski definition) is 4. The lowest BCUT2D eigenvalue weighted by Gasteiger charge is -2.19. The number of ether oxygens (including phenoxy) is 2. The molecule has 11 heteroatoms. The Morgan fingerprint density at radius 3 is 1.66 bits per heavy atom. The topological polar surface area (TPSA) is 158 Å². The number of allylic oxidation sites excluding steroid dienone is 11. The van der Waals surface area contributed by atoms with E-state index in [9.17, 15) is 24.5 Å². The van der Waals surface area contributed by atoms with Gasteiger partial charge in [0.15, 0.2) is 0 Å². The van der Waals surface area contributed by atoms with Gasteiger partial charge in [-0.05, 0) is 77.0 Å². The van der Waals surface area contributed by atoms with E-state index in [2.05, 4.69) is 55.5 Å². The number of unbranched alkanes of at least 4 members (excludes halogenated alkanes) is 12. The number of aliphatic hydroxyl groups is 2. The Morgan fingerprint density at radius 2 is 1.11 bits per heavy atom. The van der Waals surface area contributed by atoms with Gasteiger partial charge in [-0.2, -0.15) is 0 Å². The molecule has 0 rings (SSSR count). The van der Waals surface area contributed by atoms with Crippen LogP contribution in [0.2, 0.25) is 0 Å². The minimum atomic E-state index is -4.32. The van der Waals surface area contributed by atoms with Crippen LogP contribution in [-0.4, -0.2) is 72.4 Å². The number of phosphoric ester groups is 1. The van der Waals surface area contributed by atoms with Crippen LogP contribution in [0.15, 0.2) is 72.9 Å². The molecule has 4 unspecified atom stereocenters. The first-order valence-electron chi connectivity index (χ1n) is 21.6. The number of nitrogens with two attached hydrogens (primary N) is 1. The van der Waals surface area contributed by atoms with E-state index < -0.39 is 32.1 Å². The highest BCUT2D eigenvalue weighted by molar-refractivity contribution is 7.47. The van der Waals surface area contributed by atoms with Crippen LogP contribution in [0.4, 0.5) is 0 Å². The quantitative estimate of drug-likeness (QED) is 0.0203. The highest BCUT2D eigenvalue weighted by Gasteiger charge is 2.25. The van der Waals surface area contributed by atoms with Crippen LogP contribution in [-0.2, 0) is 27.9 Å². The molecule has 4 atom stereocenters. The molecule has 0 bridgehead atoms. The molecule has 56 heavy (non-hydrogen) atoms. The summed E-state index contributed by atoms with van der Waals surface area (Å²) in [6.45, 7) is 4.31. The Morgan fingerprint density at radius 1 is 0.607 bits per heavy atom. The van der Waals surface area contributed by atoms with Gasteiger partial charge >= 0.3 is 13.8 Å². The third-order valence-electron chi connectivity index (χ3n) is 8.88. The third-order valence-corrected chi connectivity index (χ3v) is 9.86. The van der Waals surface area contributed by atoms with E-state index in [1.807, 2.05) is 31.2 Å². The molecule has 0 heterocycles. The SMILES string of the molecule is CCCCCCCC/C=C\CCCCCCCCOCC(COP(=O)(O)OCCN)OC(=O)CC/C=C/C/C=C/C/C=C/C/C=C/C/C=C/CC(O)C(O)CC. The Kier molecular flexibility index (Phi) is 39.5. The van der Waals surface area contributed by atoms with Gasteiger partial charge in [0.05, 0.1) is 32.0 Å². The van der Waals surface area contributed by atoms with Crippen LogP contribution in [0.1, 0.15) is 155 Å². The smallest absolute Gasteiger partial charge is 0.457 e. The summed E-state index contributed by atoms with van der Waals surface area (Å²) >= 11 is 0. The number of phosphoric acid groups is 1. The minimum absolute atomic E-state index is 0.0633. The van der Waals surface area contributed by atoms with Crippen LogP contribution < -0.4 is 5.73 Å². The molecule has 0 radical (unpaired) electrons. The summed E-state index contributed by atoms with van der Waals surface area (Å²) in [6, 6.07) is 0. The lowest BCUT2D eigenvalue weighted by Crippen LogP contribution is -2.28. The summed E-state index contributed by atoms with van der Waals surface area (Å²) in [5.41, 5.74) is 5.36. The third kappa shape index (κ3) is 38.7. The van der Waals surface area contributed by atoms with Crippen LogP contribution in [0.5, 0.6) is 0 Å². The van der Waals surface area contributed by atoms with Crippen molar-refractivity contribution >= 4 is 13.8 Å². The molecule has 0 aliphatic carbocycles. The number of hydrogen-bond acceptors (Lipinski definition) is 9. The first-order chi connectivity index (χ1) is 27.3. The second kappa shape index (κ2) is 41.0. The Balaban J connectivity index is 4.23. The van der Waals surface area contributed by atoms with Gasteiger partial charge in [-0.3, -0.25) is 13.8 Å². The molecule has 0 saturated heterocycles. The van der Waals surface area contributed by atoms with Gasteiger partial charge in [0, 0.05) is 19.6 Å². The van der Waals surface area contributed by atoms with Crippen molar-refractivity contribution in [1.29, 1.82) is 0 Å². The van der Waals surface area contributed by atoms with E-state index in [0.29, 0.717) is 25.9 Å². The predicted octanol–water partition coefficient (Wildman–Crippen LogP) is 10.7. The van der Waals surface area contributed by atoms with Crippen LogP contribution in [0, 0.1) is 0 Å². The number of aliphatic hydroxyl groups excluding tert-OH is 2. The molecule has 324 valence electrons. The highest BCUT2D eigenvalue weighted by atomic mass is 31.2. The molecule has 0 spiro atoms. The molecular weight excluding hydrogens is 729 g/mol. The number of esters is 1. The van der Waals surface area contributed by atoms with Gasteiger partial charge in [-0.25, -0.2) is 4.57 Å². The molecule has 0 amide bonds. The van der Waals surface area contributed by atoms with Gasteiger partial charge in [0.1, 0.15) is 6.10 Å². The Hall–Kier alpha value is -2.14. The first-order valence-corrected chi connectivity index (χ1v) is 23.1. The van der Waals surface area contributed by atoms with Crippen molar-refractivity contribution in [3.8, 4) is 0 Å². The van der Waals surface area contributed by atoms with E-state index in [0.717, 1.165) is 51.4 Å². The predicted molar refractivity (Wildman–Crippen MR) is 231 cm³/mol. The highest BCUT2D eigenvalue weighted by Crippen LogP contribution is 2.43. The molecule has 0 saturated carbocycles. The average molecular weight is 810 g/mol. The fraction of sp³-hybridized carbons (Fsp3) is 0.711. The molecule has 0 aromatic carbocycles. The van der Waals surface area contributed by atoms with E-state index in [4.69, 9.17) is 24.3 Å². The van der Waals surface area contributed by atoms with Crippen molar-refractivity contribution in [3.05, 3.63) is 72.9 Å². The molecule has 0 aromatic rings. The maximum absolute atomic E-state index is 12.5. The maximum atomic E-state index is 12.5. The zero-order chi connectivity index (χ0) is 41.2. The summed E-state index contributed by atoms with van der Waals surface area (Å²) < 4.78 is 33.3. The molecule has 5 N–H and O–H groups in total. The van der Waals surface area contributed by atoms with Gasteiger partial charge in [0.25, 0.3) is 0 Å². The van der Waals surface area contributed by atoms with Crippen molar-refractivity contribution in [2.45, 2.75) is 173 Å². The summed E-state index contributed by atoms with van der Waals surface area (Å²) in [5, 5.41) is 19.3. The lowest BCUT2D eigenvalue weighted by molar-refractivity contribution is -0.154. The summed E-state index contributed by atoms with van der Waals surface area (Å²) in [5.74, 6) is -0.434. The van der Waals surface area contributed by atoms with Crippen LogP contribution >= 0.6 is 7.82 Å². The largest absolute Gasteiger partial charge is 0.472 e. The lowest BCUT2D eigenvalue weighted by atomic mass is 10.1. The Bertz CT molecular complexity index is 1120. The van der Waals surface area contributed by atoms with Gasteiger partial charge in [0.2, 0.25) is 0 Å². The second-order valence-corrected chi connectivity index (χ2v) is 15.6. The van der Waals surface area contributed by atoms with Crippen molar-refractivity contribution < 1.29 is 43.0 Å². The maximum Gasteiger partial charge on any atom is 0.472 e. The van der Waals surface area contributed by atoms with Gasteiger partial charge in [-0.15, -0.1) is 0 Å². The fourth-order valence-electron chi connectivity index (χ4n) is 5.48. The molecule has 0 aliphatic heterocycles. The zero-order valence-electron chi connectivity index (χ0n) is 35.1. The number of carbonyl (C=O) groups excluding carboxylic acids is 1. The second-order valence-electron chi connectivity index (χ2n) is 14.1. The summed E-state index contributed by atoms with van der Waals surface area (Å²) in [6.07, 6.45) is 45.0. The normalized spacial score (nSPS) is 15.3. The van der Waals surface area contributed by atoms with Crippen LogP contribution in [0.3, 0.4) is 0 Å². The zero-order valence-corrected chi connectivity index (χ0v) is 36.0. The first kappa shape index (κ1) is 53.9. The molecule has 10 nitrogen and oxygen atoms in total. The van der Waals surface area contributed by atoms with E-state index >= 15 is 0 Å². The summed E-state index contributed by atoms with van der Waals surface area (Å²) in [4.78, 5) is 22.4. The molecule has 0 aliphatic rings. The van der Waals surface area contributed by atoms with Crippen molar-refractivity contribution in [2.24, 2.45) is 5.73 Å². The number of carbonyl (C=O) groups is 1. The minimum Gasteiger partial charge on any atom is -0.457 e.